The summed E-state index contributed by atoms with van der Waals surface area (Å²) in [6, 6.07) is 5.22. The molecule has 1 unspecified atom stereocenters. The van der Waals surface area contributed by atoms with Crippen molar-refractivity contribution in [1.82, 2.24) is 0 Å². The van der Waals surface area contributed by atoms with Crippen molar-refractivity contribution in [2.45, 2.75) is 19.9 Å². The summed E-state index contributed by atoms with van der Waals surface area (Å²) in [6.45, 7) is 3.59. The van der Waals surface area contributed by atoms with Crippen LogP contribution in [0.25, 0.3) is 0 Å². The molecule has 1 aromatic rings. The Balaban J connectivity index is 3.32. The molecule has 3 nitrogen and oxygen atoms in total. The molecule has 3 N–H and O–H groups in total. The molecule has 0 aromatic heterocycles. The number of aromatic hydroxyl groups is 1. The highest BCUT2D eigenvalue weighted by Crippen LogP contribution is 2.25. The first-order valence-corrected chi connectivity index (χ1v) is 4.05. The van der Waals surface area contributed by atoms with Gasteiger partial charge in [0.25, 0.3) is 0 Å². The molecule has 0 aliphatic rings. The van der Waals surface area contributed by atoms with E-state index in [0.29, 0.717) is 5.56 Å². The van der Waals surface area contributed by atoms with E-state index in [1.54, 1.807) is 19.1 Å². The quantitative estimate of drug-likeness (QED) is 0.682. The van der Waals surface area contributed by atoms with Crippen molar-refractivity contribution in [2.24, 2.45) is 5.73 Å². The van der Waals surface area contributed by atoms with Crippen LogP contribution < -0.4 is 5.73 Å². The molecule has 3 heteroatoms. The van der Waals surface area contributed by atoms with Crippen LogP contribution in [-0.4, -0.2) is 5.11 Å². The molecule has 0 radical (unpaired) electrons. The molecule has 0 bridgehead atoms. The SMILES string of the molecule is Cc1cc(C(C)N)cc(C#N)c1O. The molecular weight excluding hydrogens is 164 g/mol. The molecule has 0 spiro atoms. The monoisotopic (exact) mass is 176 g/mol. The van der Waals surface area contributed by atoms with Gasteiger partial charge in [0.2, 0.25) is 0 Å². The van der Waals surface area contributed by atoms with Crippen molar-refractivity contribution in [3.8, 4) is 11.8 Å². The number of benzene rings is 1. The van der Waals surface area contributed by atoms with Crippen LogP contribution in [-0.2, 0) is 0 Å². The van der Waals surface area contributed by atoms with Crippen LogP contribution in [0.3, 0.4) is 0 Å². The van der Waals surface area contributed by atoms with Gasteiger partial charge >= 0.3 is 0 Å². The van der Waals surface area contributed by atoms with E-state index in [2.05, 4.69) is 0 Å². The van der Waals surface area contributed by atoms with E-state index in [1.165, 1.54) is 0 Å². The third kappa shape index (κ3) is 1.79. The highest BCUT2D eigenvalue weighted by molar-refractivity contribution is 5.50. The fourth-order valence-electron chi connectivity index (χ4n) is 1.16. The lowest BCUT2D eigenvalue weighted by molar-refractivity contribution is 0.469. The third-order valence-electron chi connectivity index (χ3n) is 1.97. The highest BCUT2D eigenvalue weighted by atomic mass is 16.3. The Bertz CT molecular complexity index is 364. The highest BCUT2D eigenvalue weighted by Gasteiger charge is 2.08. The second-order valence-corrected chi connectivity index (χ2v) is 3.13. The average Bonchev–Trinajstić information content (AvgIpc) is 2.09. The summed E-state index contributed by atoms with van der Waals surface area (Å²) in [7, 11) is 0. The Morgan fingerprint density at radius 3 is 2.62 bits per heavy atom. The van der Waals surface area contributed by atoms with Gasteiger partial charge in [-0.2, -0.15) is 5.26 Å². The lowest BCUT2D eigenvalue weighted by atomic mass is 10.0. The smallest absolute Gasteiger partial charge is 0.136 e. The predicted molar refractivity (Wildman–Crippen MR) is 50.2 cm³/mol. The van der Waals surface area contributed by atoms with Crippen molar-refractivity contribution in [2.75, 3.05) is 0 Å². The number of nitrogens with two attached hydrogens (primary N) is 1. The molecular formula is C10H12N2O. The Kier molecular flexibility index (Phi) is 2.54. The fourth-order valence-corrected chi connectivity index (χ4v) is 1.16. The Morgan fingerprint density at radius 1 is 1.54 bits per heavy atom. The van der Waals surface area contributed by atoms with Crippen LogP contribution in [0, 0.1) is 18.3 Å². The van der Waals surface area contributed by atoms with Gasteiger partial charge in [-0.1, -0.05) is 6.07 Å². The van der Waals surface area contributed by atoms with Crippen LogP contribution >= 0.6 is 0 Å². The standard InChI is InChI=1S/C10H12N2O/c1-6-3-8(7(2)12)4-9(5-11)10(6)13/h3-4,7,13H,12H2,1-2H3. The molecule has 0 saturated heterocycles. The molecule has 0 aliphatic carbocycles. The minimum absolute atomic E-state index is 0.0481. The van der Waals surface area contributed by atoms with E-state index in [-0.39, 0.29) is 17.4 Å². The van der Waals surface area contributed by atoms with E-state index < -0.39 is 0 Å². The summed E-state index contributed by atoms with van der Waals surface area (Å²) in [5, 5.41) is 18.1. The zero-order valence-corrected chi connectivity index (χ0v) is 7.70. The third-order valence-corrected chi connectivity index (χ3v) is 1.97. The first-order valence-electron chi connectivity index (χ1n) is 4.05. The normalized spacial score (nSPS) is 12.2. The number of aryl methyl sites for hydroxylation is 1. The minimum atomic E-state index is -0.119. The maximum atomic E-state index is 9.44. The summed E-state index contributed by atoms with van der Waals surface area (Å²) < 4.78 is 0. The van der Waals surface area contributed by atoms with Crippen LogP contribution in [0.5, 0.6) is 5.75 Å². The van der Waals surface area contributed by atoms with Crippen molar-refractivity contribution < 1.29 is 5.11 Å². The zero-order chi connectivity index (χ0) is 10.0. The molecule has 0 saturated carbocycles. The molecule has 0 heterocycles. The van der Waals surface area contributed by atoms with Crippen LogP contribution in [0.1, 0.15) is 29.7 Å². The second-order valence-electron chi connectivity index (χ2n) is 3.13. The van der Waals surface area contributed by atoms with Gasteiger partial charge in [0.15, 0.2) is 0 Å². The van der Waals surface area contributed by atoms with E-state index in [4.69, 9.17) is 11.0 Å². The number of rotatable bonds is 1. The van der Waals surface area contributed by atoms with Gasteiger partial charge in [-0.15, -0.1) is 0 Å². The van der Waals surface area contributed by atoms with E-state index in [9.17, 15) is 5.11 Å². The fraction of sp³-hybridized carbons (Fsp3) is 0.300. The molecule has 1 aromatic carbocycles. The number of nitriles is 1. The van der Waals surface area contributed by atoms with Gasteiger partial charge in [0.05, 0.1) is 5.56 Å². The topological polar surface area (TPSA) is 70.0 Å². The second kappa shape index (κ2) is 3.46. The maximum Gasteiger partial charge on any atom is 0.136 e. The van der Waals surface area contributed by atoms with Gasteiger partial charge in [-0.05, 0) is 31.0 Å². The van der Waals surface area contributed by atoms with Gasteiger partial charge in [-0.25, -0.2) is 0 Å². The Labute approximate surface area is 77.4 Å². The molecule has 13 heavy (non-hydrogen) atoms. The Hall–Kier alpha value is -1.53. The van der Waals surface area contributed by atoms with Crippen LogP contribution in [0.4, 0.5) is 0 Å². The van der Waals surface area contributed by atoms with Gasteiger partial charge < -0.3 is 10.8 Å². The van der Waals surface area contributed by atoms with Crippen molar-refractivity contribution in [3.05, 3.63) is 28.8 Å². The predicted octanol–water partition coefficient (Wildman–Crippen LogP) is 1.59. The molecule has 0 aliphatic heterocycles. The summed E-state index contributed by atoms with van der Waals surface area (Å²) in [5.74, 6) is 0.0481. The van der Waals surface area contributed by atoms with E-state index in [0.717, 1.165) is 5.56 Å². The van der Waals surface area contributed by atoms with Gasteiger partial charge in [0.1, 0.15) is 11.8 Å². The van der Waals surface area contributed by atoms with Crippen LogP contribution in [0.2, 0.25) is 0 Å². The lowest BCUT2D eigenvalue weighted by Gasteiger charge is -2.08. The van der Waals surface area contributed by atoms with Crippen molar-refractivity contribution >= 4 is 0 Å². The first-order chi connectivity index (χ1) is 6.06. The average molecular weight is 176 g/mol. The number of phenols is 1. The molecule has 1 rings (SSSR count). The summed E-state index contributed by atoms with van der Waals surface area (Å²) in [5.41, 5.74) is 7.50. The molecule has 68 valence electrons. The van der Waals surface area contributed by atoms with Crippen molar-refractivity contribution in [1.29, 1.82) is 5.26 Å². The summed E-state index contributed by atoms with van der Waals surface area (Å²) in [6.07, 6.45) is 0. The van der Waals surface area contributed by atoms with Gasteiger partial charge in [-0.3, -0.25) is 0 Å². The first kappa shape index (κ1) is 9.56. The zero-order valence-electron chi connectivity index (χ0n) is 7.70. The maximum absolute atomic E-state index is 9.44. The van der Waals surface area contributed by atoms with E-state index >= 15 is 0 Å². The van der Waals surface area contributed by atoms with Crippen LogP contribution in [0.15, 0.2) is 12.1 Å². The number of nitrogens with zero attached hydrogens (tertiary/aromatic N) is 1. The summed E-state index contributed by atoms with van der Waals surface area (Å²) in [4.78, 5) is 0. The molecule has 0 amide bonds. The molecule has 1 atom stereocenters. The van der Waals surface area contributed by atoms with Gasteiger partial charge in [0, 0.05) is 6.04 Å². The lowest BCUT2D eigenvalue weighted by Crippen LogP contribution is -2.05. The van der Waals surface area contributed by atoms with E-state index in [1.807, 2.05) is 13.0 Å². The number of hydrogen-bond donors (Lipinski definition) is 2. The largest absolute Gasteiger partial charge is 0.506 e. The summed E-state index contributed by atoms with van der Waals surface area (Å²) >= 11 is 0. The Morgan fingerprint density at radius 2 is 2.15 bits per heavy atom. The van der Waals surface area contributed by atoms with Crippen molar-refractivity contribution in [3.63, 3.8) is 0 Å². The minimum Gasteiger partial charge on any atom is -0.506 e. The molecule has 0 fully saturated rings. The number of hydrogen-bond acceptors (Lipinski definition) is 3. The number of phenolic OH excluding ortho intramolecular Hbond substituents is 1.